The molecule has 1 amide bonds. The predicted molar refractivity (Wildman–Crippen MR) is 89.6 cm³/mol. The zero-order valence-corrected chi connectivity index (χ0v) is 13.2. The summed E-state index contributed by atoms with van der Waals surface area (Å²) in [6, 6.07) is 13.6. The first-order valence-electron chi connectivity index (χ1n) is 7.88. The van der Waals surface area contributed by atoms with E-state index in [9.17, 15) is 4.79 Å². The maximum atomic E-state index is 12.3. The highest BCUT2D eigenvalue weighted by molar-refractivity contribution is 5.94. The van der Waals surface area contributed by atoms with Crippen molar-refractivity contribution in [3.05, 3.63) is 59.8 Å². The molecule has 1 aliphatic rings. The van der Waals surface area contributed by atoms with E-state index in [0.29, 0.717) is 5.56 Å². The van der Waals surface area contributed by atoms with Crippen molar-refractivity contribution in [3.63, 3.8) is 0 Å². The van der Waals surface area contributed by atoms with E-state index in [4.69, 9.17) is 4.74 Å². The Morgan fingerprint density at radius 2 is 1.91 bits per heavy atom. The van der Waals surface area contributed by atoms with Crippen LogP contribution in [0.1, 0.15) is 28.9 Å². The third-order valence-corrected chi connectivity index (χ3v) is 3.99. The Morgan fingerprint density at radius 3 is 2.57 bits per heavy atom. The smallest absolute Gasteiger partial charge is 0.253 e. The van der Waals surface area contributed by atoms with Crippen LogP contribution in [0.25, 0.3) is 0 Å². The number of aromatic nitrogens is 1. The summed E-state index contributed by atoms with van der Waals surface area (Å²) >= 11 is 0. The highest BCUT2D eigenvalue weighted by Crippen LogP contribution is 2.15. The molecule has 0 saturated carbocycles. The zero-order chi connectivity index (χ0) is 16.1. The van der Waals surface area contributed by atoms with Crippen LogP contribution in [-0.2, 0) is 4.74 Å². The number of benzene rings is 1. The minimum Gasteiger partial charge on any atom is -0.378 e. The molecule has 5 heteroatoms. The number of carbonyl (C=O) groups is 1. The number of morpholine rings is 1. The normalized spacial score (nSPS) is 16.0. The summed E-state index contributed by atoms with van der Waals surface area (Å²) in [6.45, 7) is 5.09. The molecule has 1 aliphatic heterocycles. The number of anilines is 1. The van der Waals surface area contributed by atoms with E-state index in [1.54, 1.807) is 6.20 Å². The van der Waals surface area contributed by atoms with Gasteiger partial charge in [0, 0.05) is 19.3 Å². The topological polar surface area (TPSA) is 54.5 Å². The summed E-state index contributed by atoms with van der Waals surface area (Å²) in [7, 11) is 0. The van der Waals surface area contributed by atoms with Crippen LogP contribution in [0.15, 0.2) is 48.7 Å². The van der Waals surface area contributed by atoms with Gasteiger partial charge < -0.3 is 15.0 Å². The largest absolute Gasteiger partial charge is 0.378 e. The molecule has 1 aromatic carbocycles. The van der Waals surface area contributed by atoms with Gasteiger partial charge in [-0.2, -0.15) is 0 Å². The summed E-state index contributed by atoms with van der Waals surface area (Å²) in [5.41, 5.74) is 1.66. The first kappa shape index (κ1) is 15.5. The number of amides is 1. The monoisotopic (exact) mass is 311 g/mol. The number of hydrogen-bond donors (Lipinski definition) is 1. The van der Waals surface area contributed by atoms with Crippen molar-refractivity contribution >= 4 is 11.7 Å². The number of pyridine rings is 1. The van der Waals surface area contributed by atoms with E-state index in [1.807, 2.05) is 49.4 Å². The molecule has 1 saturated heterocycles. The fourth-order valence-electron chi connectivity index (χ4n) is 2.60. The number of nitrogens with one attached hydrogen (secondary N) is 1. The first-order chi connectivity index (χ1) is 11.2. The number of carbonyl (C=O) groups excluding carboxylic acids is 1. The van der Waals surface area contributed by atoms with Crippen LogP contribution >= 0.6 is 0 Å². The van der Waals surface area contributed by atoms with Gasteiger partial charge in [-0.1, -0.05) is 30.3 Å². The van der Waals surface area contributed by atoms with Gasteiger partial charge in [-0.05, 0) is 24.6 Å². The molecule has 2 aromatic rings. The Morgan fingerprint density at radius 1 is 1.17 bits per heavy atom. The van der Waals surface area contributed by atoms with Crippen LogP contribution in [0.2, 0.25) is 0 Å². The number of ether oxygens (including phenoxy) is 1. The van der Waals surface area contributed by atoms with Crippen LogP contribution in [0.4, 0.5) is 5.82 Å². The number of hydrogen-bond acceptors (Lipinski definition) is 4. The molecule has 1 fully saturated rings. The van der Waals surface area contributed by atoms with Crippen molar-refractivity contribution in [1.29, 1.82) is 0 Å². The van der Waals surface area contributed by atoms with E-state index in [0.717, 1.165) is 37.7 Å². The molecule has 1 aromatic heterocycles. The predicted octanol–water partition coefficient (Wildman–Crippen LogP) is 2.41. The fourth-order valence-corrected chi connectivity index (χ4v) is 2.60. The van der Waals surface area contributed by atoms with Crippen molar-refractivity contribution in [2.45, 2.75) is 13.0 Å². The van der Waals surface area contributed by atoms with Gasteiger partial charge in [0.2, 0.25) is 0 Å². The second-order valence-corrected chi connectivity index (χ2v) is 5.61. The molecule has 0 radical (unpaired) electrons. The minimum absolute atomic E-state index is 0.0392. The Kier molecular flexibility index (Phi) is 4.88. The van der Waals surface area contributed by atoms with E-state index in [2.05, 4.69) is 15.2 Å². The quantitative estimate of drug-likeness (QED) is 0.942. The highest BCUT2D eigenvalue weighted by Gasteiger charge is 2.14. The molecule has 2 heterocycles. The lowest BCUT2D eigenvalue weighted by Gasteiger charge is -2.27. The van der Waals surface area contributed by atoms with Gasteiger partial charge in [0.05, 0.1) is 24.8 Å². The average Bonchev–Trinajstić information content (AvgIpc) is 2.63. The standard InChI is InChI=1S/C18H21N3O2/c1-14(15-5-3-2-4-6-15)20-18(22)16-7-8-17(19-13-16)21-9-11-23-12-10-21/h2-8,13-14H,9-12H2,1H3,(H,20,22)/t14-/m1/s1. The molecule has 0 spiro atoms. The second kappa shape index (κ2) is 7.24. The molecule has 0 bridgehead atoms. The highest BCUT2D eigenvalue weighted by atomic mass is 16.5. The Bertz CT molecular complexity index is 637. The Balaban J connectivity index is 1.63. The van der Waals surface area contributed by atoms with Gasteiger partial charge in [0.25, 0.3) is 5.91 Å². The first-order valence-corrected chi connectivity index (χ1v) is 7.88. The summed E-state index contributed by atoms with van der Waals surface area (Å²) < 4.78 is 5.34. The van der Waals surface area contributed by atoms with Crippen LogP contribution in [-0.4, -0.2) is 37.2 Å². The fraction of sp³-hybridized carbons (Fsp3) is 0.333. The van der Waals surface area contributed by atoms with E-state index in [1.165, 1.54) is 0 Å². The molecular weight excluding hydrogens is 290 g/mol. The van der Waals surface area contributed by atoms with Gasteiger partial charge in [-0.15, -0.1) is 0 Å². The summed E-state index contributed by atoms with van der Waals surface area (Å²) in [4.78, 5) is 18.9. The molecule has 23 heavy (non-hydrogen) atoms. The number of nitrogens with zero attached hydrogens (tertiary/aromatic N) is 2. The molecule has 1 atom stereocenters. The van der Waals surface area contributed by atoms with Gasteiger partial charge >= 0.3 is 0 Å². The van der Waals surface area contributed by atoms with Crippen LogP contribution in [0, 0.1) is 0 Å². The van der Waals surface area contributed by atoms with E-state index < -0.39 is 0 Å². The molecule has 3 rings (SSSR count). The van der Waals surface area contributed by atoms with Crippen LogP contribution in [0.3, 0.4) is 0 Å². The molecule has 5 nitrogen and oxygen atoms in total. The van der Waals surface area contributed by atoms with Gasteiger partial charge in [-0.3, -0.25) is 4.79 Å². The lowest BCUT2D eigenvalue weighted by molar-refractivity contribution is 0.0939. The number of rotatable bonds is 4. The van der Waals surface area contributed by atoms with Crippen molar-refractivity contribution in [1.82, 2.24) is 10.3 Å². The third kappa shape index (κ3) is 3.87. The SMILES string of the molecule is C[C@@H](NC(=O)c1ccc(N2CCOCC2)nc1)c1ccccc1. The molecule has 0 unspecified atom stereocenters. The average molecular weight is 311 g/mol. The third-order valence-electron chi connectivity index (χ3n) is 3.99. The summed E-state index contributed by atoms with van der Waals surface area (Å²) in [5, 5.41) is 3.00. The van der Waals surface area contributed by atoms with E-state index >= 15 is 0 Å². The van der Waals surface area contributed by atoms with Crippen molar-refractivity contribution in [2.75, 3.05) is 31.2 Å². The Hall–Kier alpha value is -2.40. The Labute approximate surface area is 136 Å². The molecule has 0 aliphatic carbocycles. The molecule has 120 valence electrons. The summed E-state index contributed by atoms with van der Waals surface area (Å²) in [5.74, 6) is 0.781. The van der Waals surface area contributed by atoms with Crippen LogP contribution in [0.5, 0.6) is 0 Å². The van der Waals surface area contributed by atoms with Gasteiger partial charge in [0.15, 0.2) is 0 Å². The van der Waals surface area contributed by atoms with E-state index in [-0.39, 0.29) is 11.9 Å². The lowest BCUT2D eigenvalue weighted by atomic mass is 10.1. The molecule has 1 N–H and O–H groups in total. The van der Waals surface area contributed by atoms with Crippen molar-refractivity contribution in [3.8, 4) is 0 Å². The lowest BCUT2D eigenvalue weighted by Crippen LogP contribution is -2.36. The molecular formula is C18H21N3O2. The van der Waals surface area contributed by atoms with Gasteiger partial charge in [-0.25, -0.2) is 4.98 Å². The van der Waals surface area contributed by atoms with Crippen LogP contribution < -0.4 is 10.2 Å². The minimum atomic E-state index is -0.109. The maximum Gasteiger partial charge on any atom is 0.253 e. The zero-order valence-electron chi connectivity index (χ0n) is 13.2. The van der Waals surface area contributed by atoms with Crippen molar-refractivity contribution < 1.29 is 9.53 Å². The summed E-state index contributed by atoms with van der Waals surface area (Å²) in [6.07, 6.45) is 1.64. The van der Waals surface area contributed by atoms with Gasteiger partial charge in [0.1, 0.15) is 5.82 Å². The van der Waals surface area contributed by atoms with Crippen molar-refractivity contribution in [2.24, 2.45) is 0 Å². The second-order valence-electron chi connectivity index (χ2n) is 5.61. The maximum absolute atomic E-state index is 12.3.